The molecule has 0 atom stereocenters. The highest BCUT2D eigenvalue weighted by molar-refractivity contribution is 5.15. The summed E-state index contributed by atoms with van der Waals surface area (Å²) in [6.07, 6.45) is 5.07. The third-order valence-electron chi connectivity index (χ3n) is 5.59. The standard InChI is InChI=1S/C19H32N2/c1-18(2,3)17-10-12-19(15-20,13-11-17)21(4)14-16-8-6-5-7-9-16/h5-9,17H,10-15,20H2,1-4H3. The number of likely N-dealkylation sites (N-methyl/N-ethyl adjacent to an activating group) is 1. The van der Waals surface area contributed by atoms with Crippen molar-refractivity contribution >= 4 is 0 Å². The largest absolute Gasteiger partial charge is 0.329 e. The van der Waals surface area contributed by atoms with E-state index in [1.165, 1.54) is 31.2 Å². The van der Waals surface area contributed by atoms with Crippen LogP contribution in [0.4, 0.5) is 0 Å². The third-order valence-corrected chi connectivity index (χ3v) is 5.59. The van der Waals surface area contributed by atoms with Gasteiger partial charge in [-0.1, -0.05) is 51.1 Å². The Kier molecular flexibility index (Phi) is 5.11. The number of nitrogens with two attached hydrogens (primary N) is 1. The second-order valence-electron chi connectivity index (χ2n) is 7.91. The second-order valence-corrected chi connectivity index (χ2v) is 7.91. The van der Waals surface area contributed by atoms with Crippen LogP contribution in [0.2, 0.25) is 0 Å². The van der Waals surface area contributed by atoms with Crippen molar-refractivity contribution in [3.8, 4) is 0 Å². The molecule has 1 aromatic carbocycles. The lowest BCUT2D eigenvalue weighted by Crippen LogP contribution is -2.54. The molecule has 0 bridgehead atoms. The minimum Gasteiger partial charge on any atom is -0.329 e. The van der Waals surface area contributed by atoms with Crippen molar-refractivity contribution in [2.75, 3.05) is 13.6 Å². The van der Waals surface area contributed by atoms with Gasteiger partial charge in [0.25, 0.3) is 0 Å². The first-order valence-electron chi connectivity index (χ1n) is 8.33. The molecular formula is C19H32N2. The van der Waals surface area contributed by atoms with Gasteiger partial charge in [-0.25, -0.2) is 0 Å². The van der Waals surface area contributed by atoms with Crippen LogP contribution in [0.25, 0.3) is 0 Å². The van der Waals surface area contributed by atoms with E-state index in [4.69, 9.17) is 5.73 Å². The monoisotopic (exact) mass is 288 g/mol. The van der Waals surface area contributed by atoms with Crippen LogP contribution in [-0.4, -0.2) is 24.0 Å². The summed E-state index contributed by atoms with van der Waals surface area (Å²) in [5.74, 6) is 0.835. The number of nitrogens with zero attached hydrogens (tertiary/aromatic N) is 1. The third kappa shape index (κ3) is 3.87. The Hall–Kier alpha value is -0.860. The van der Waals surface area contributed by atoms with Gasteiger partial charge in [0.15, 0.2) is 0 Å². The fourth-order valence-electron chi connectivity index (χ4n) is 3.79. The maximum absolute atomic E-state index is 6.21. The average molecular weight is 288 g/mol. The summed E-state index contributed by atoms with van der Waals surface area (Å²) >= 11 is 0. The first kappa shape index (κ1) is 16.5. The predicted octanol–water partition coefficient (Wildman–Crippen LogP) is 4.05. The molecule has 1 aliphatic carbocycles. The minimum absolute atomic E-state index is 0.192. The SMILES string of the molecule is CN(Cc1ccccc1)C1(CN)CCC(C(C)(C)C)CC1. The summed E-state index contributed by atoms with van der Waals surface area (Å²) in [5, 5.41) is 0. The molecule has 2 nitrogen and oxygen atoms in total. The summed E-state index contributed by atoms with van der Waals surface area (Å²) in [4.78, 5) is 2.50. The van der Waals surface area contributed by atoms with Crippen molar-refractivity contribution in [2.45, 2.75) is 58.5 Å². The molecule has 2 rings (SSSR count). The predicted molar refractivity (Wildman–Crippen MR) is 91.1 cm³/mol. The van der Waals surface area contributed by atoms with Gasteiger partial charge in [-0.2, -0.15) is 0 Å². The van der Waals surface area contributed by atoms with Gasteiger partial charge >= 0.3 is 0 Å². The fourth-order valence-corrected chi connectivity index (χ4v) is 3.79. The van der Waals surface area contributed by atoms with Crippen LogP contribution in [0.1, 0.15) is 52.0 Å². The van der Waals surface area contributed by atoms with E-state index in [1.807, 2.05) is 0 Å². The molecule has 0 spiro atoms. The molecule has 0 aliphatic heterocycles. The fraction of sp³-hybridized carbons (Fsp3) is 0.684. The molecule has 1 fully saturated rings. The smallest absolute Gasteiger partial charge is 0.0332 e. The quantitative estimate of drug-likeness (QED) is 0.905. The van der Waals surface area contributed by atoms with E-state index >= 15 is 0 Å². The van der Waals surface area contributed by atoms with Crippen LogP contribution < -0.4 is 5.73 Å². The molecule has 0 aromatic heterocycles. The Balaban J connectivity index is 2.02. The molecule has 1 saturated carbocycles. The highest BCUT2D eigenvalue weighted by Crippen LogP contribution is 2.43. The second kappa shape index (κ2) is 6.50. The zero-order valence-corrected chi connectivity index (χ0v) is 14.2. The number of benzene rings is 1. The van der Waals surface area contributed by atoms with Crippen molar-refractivity contribution in [3.63, 3.8) is 0 Å². The number of rotatable bonds is 4. The van der Waals surface area contributed by atoms with E-state index in [2.05, 4.69) is 63.1 Å². The van der Waals surface area contributed by atoms with Gasteiger partial charge in [-0.05, 0) is 49.6 Å². The Morgan fingerprint density at radius 3 is 2.19 bits per heavy atom. The summed E-state index contributed by atoms with van der Waals surface area (Å²) in [6.45, 7) is 8.90. The van der Waals surface area contributed by atoms with Gasteiger partial charge in [-0.15, -0.1) is 0 Å². The normalized spacial score (nSPS) is 27.0. The zero-order valence-electron chi connectivity index (χ0n) is 14.2. The Morgan fingerprint density at radius 2 is 1.71 bits per heavy atom. The number of hydrogen-bond donors (Lipinski definition) is 1. The first-order chi connectivity index (χ1) is 9.87. The summed E-state index contributed by atoms with van der Waals surface area (Å²) < 4.78 is 0. The van der Waals surface area contributed by atoms with Crippen molar-refractivity contribution in [1.82, 2.24) is 4.90 Å². The lowest BCUT2D eigenvalue weighted by atomic mass is 9.67. The average Bonchev–Trinajstić information content (AvgIpc) is 2.47. The summed E-state index contributed by atoms with van der Waals surface area (Å²) in [5.41, 5.74) is 8.21. The van der Waals surface area contributed by atoms with E-state index in [9.17, 15) is 0 Å². The molecule has 21 heavy (non-hydrogen) atoms. The molecule has 2 N–H and O–H groups in total. The van der Waals surface area contributed by atoms with Crippen LogP contribution in [0.15, 0.2) is 30.3 Å². The molecule has 0 radical (unpaired) electrons. The summed E-state index contributed by atoms with van der Waals surface area (Å²) in [7, 11) is 2.25. The number of hydrogen-bond acceptors (Lipinski definition) is 2. The van der Waals surface area contributed by atoms with E-state index in [0.717, 1.165) is 19.0 Å². The Bertz CT molecular complexity index is 425. The van der Waals surface area contributed by atoms with Gasteiger partial charge in [0, 0.05) is 18.6 Å². The molecule has 0 unspecified atom stereocenters. The van der Waals surface area contributed by atoms with Crippen LogP contribution in [0.3, 0.4) is 0 Å². The van der Waals surface area contributed by atoms with Crippen molar-refractivity contribution < 1.29 is 0 Å². The van der Waals surface area contributed by atoms with Gasteiger partial charge in [0.2, 0.25) is 0 Å². The Morgan fingerprint density at radius 1 is 1.14 bits per heavy atom. The Labute approximate surface area is 130 Å². The van der Waals surface area contributed by atoms with Gasteiger partial charge in [0.1, 0.15) is 0 Å². The molecule has 0 heterocycles. The lowest BCUT2D eigenvalue weighted by molar-refractivity contribution is 0.0334. The topological polar surface area (TPSA) is 29.3 Å². The van der Waals surface area contributed by atoms with Crippen molar-refractivity contribution in [2.24, 2.45) is 17.1 Å². The van der Waals surface area contributed by atoms with Crippen molar-refractivity contribution in [1.29, 1.82) is 0 Å². The van der Waals surface area contributed by atoms with E-state index in [1.54, 1.807) is 0 Å². The highest BCUT2D eigenvalue weighted by Gasteiger charge is 2.40. The van der Waals surface area contributed by atoms with Crippen LogP contribution >= 0.6 is 0 Å². The minimum atomic E-state index is 0.192. The van der Waals surface area contributed by atoms with Gasteiger partial charge < -0.3 is 5.73 Å². The first-order valence-corrected chi connectivity index (χ1v) is 8.33. The molecular weight excluding hydrogens is 256 g/mol. The zero-order chi connectivity index (χ0) is 15.5. The maximum atomic E-state index is 6.21. The molecule has 118 valence electrons. The molecule has 1 aliphatic rings. The maximum Gasteiger partial charge on any atom is 0.0332 e. The molecule has 2 heteroatoms. The highest BCUT2D eigenvalue weighted by atomic mass is 15.2. The molecule has 1 aromatic rings. The lowest BCUT2D eigenvalue weighted by Gasteiger charge is -2.48. The van der Waals surface area contributed by atoms with Crippen molar-refractivity contribution in [3.05, 3.63) is 35.9 Å². The molecule has 0 saturated heterocycles. The van der Waals surface area contributed by atoms with E-state index < -0.39 is 0 Å². The van der Waals surface area contributed by atoms with Crippen LogP contribution in [-0.2, 0) is 6.54 Å². The van der Waals surface area contributed by atoms with Gasteiger partial charge in [-0.3, -0.25) is 4.90 Å². The van der Waals surface area contributed by atoms with Crippen LogP contribution in [0, 0.1) is 11.3 Å². The van der Waals surface area contributed by atoms with Crippen LogP contribution in [0.5, 0.6) is 0 Å². The van der Waals surface area contributed by atoms with E-state index in [-0.39, 0.29) is 5.54 Å². The molecule has 0 amide bonds. The summed E-state index contributed by atoms with van der Waals surface area (Å²) in [6, 6.07) is 10.7. The van der Waals surface area contributed by atoms with E-state index in [0.29, 0.717) is 5.41 Å². The van der Waals surface area contributed by atoms with Gasteiger partial charge in [0.05, 0.1) is 0 Å².